The number of carboxylic acids is 1. The van der Waals surface area contributed by atoms with Crippen LogP contribution in [-0.4, -0.2) is 56.2 Å². The summed E-state index contributed by atoms with van der Waals surface area (Å²) in [6.45, 7) is 5.29. The SMILES string of the molecule is CC(NC1CCN(Cc2ccccn2)CC1)c1ccc2[nH]c(=O)[nH]c2c1.O=C(O)C(F)(F)F. The van der Waals surface area contributed by atoms with E-state index in [1.807, 2.05) is 24.4 Å². The predicted octanol–water partition coefficient (Wildman–Crippen LogP) is 3.20. The van der Waals surface area contributed by atoms with Gasteiger partial charge in [0.05, 0.1) is 16.7 Å². The molecule has 1 aliphatic rings. The fraction of sp³-hybridized carbons (Fsp3) is 0.409. The number of aliphatic carboxylic acids is 1. The molecule has 1 fully saturated rings. The van der Waals surface area contributed by atoms with Crippen LogP contribution in [0.3, 0.4) is 0 Å². The topological polar surface area (TPSA) is 114 Å². The number of H-pyrrole nitrogens is 2. The molecule has 1 saturated heterocycles. The molecule has 4 N–H and O–H groups in total. The molecular weight excluding hydrogens is 439 g/mol. The van der Waals surface area contributed by atoms with Gasteiger partial charge in [-0.3, -0.25) is 9.88 Å². The number of nitrogens with zero attached hydrogens (tertiary/aromatic N) is 2. The largest absolute Gasteiger partial charge is 0.490 e. The summed E-state index contributed by atoms with van der Waals surface area (Å²) in [6, 6.07) is 13.0. The quantitative estimate of drug-likeness (QED) is 0.460. The van der Waals surface area contributed by atoms with Crippen molar-refractivity contribution < 1.29 is 23.1 Å². The first-order chi connectivity index (χ1) is 15.6. The number of nitrogens with one attached hydrogen (secondary N) is 3. The number of carboxylic acid groups (broad SMARTS) is 1. The van der Waals surface area contributed by atoms with Crippen molar-refractivity contribution in [3.63, 3.8) is 0 Å². The van der Waals surface area contributed by atoms with E-state index in [4.69, 9.17) is 9.90 Å². The van der Waals surface area contributed by atoms with Gasteiger partial charge in [-0.05, 0) is 49.6 Å². The molecule has 0 spiro atoms. The number of benzene rings is 1. The van der Waals surface area contributed by atoms with Gasteiger partial charge in [-0.2, -0.15) is 13.2 Å². The van der Waals surface area contributed by atoms with Gasteiger partial charge >= 0.3 is 17.8 Å². The van der Waals surface area contributed by atoms with E-state index in [0.29, 0.717) is 6.04 Å². The van der Waals surface area contributed by atoms with E-state index in [-0.39, 0.29) is 11.7 Å². The number of rotatable bonds is 5. The number of aromatic nitrogens is 3. The summed E-state index contributed by atoms with van der Waals surface area (Å²) in [5.74, 6) is -2.76. The van der Waals surface area contributed by atoms with Crippen molar-refractivity contribution in [2.24, 2.45) is 0 Å². The predicted molar refractivity (Wildman–Crippen MR) is 117 cm³/mol. The van der Waals surface area contributed by atoms with E-state index in [2.05, 4.69) is 50.3 Å². The van der Waals surface area contributed by atoms with Gasteiger partial charge < -0.3 is 20.4 Å². The summed E-state index contributed by atoms with van der Waals surface area (Å²) in [5.41, 5.74) is 3.91. The van der Waals surface area contributed by atoms with Crippen LogP contribution in [0.15, 0.2) is 47.4 Å². The summed E-state index contributed by atoms with van der Waals surface area (Å²) in [5, 5.41) is 10.9. The smallest absolute Gasteiger partial charge is 0.475 e. The molecule has 1 unspecified atom stereocenters. The number of pyridine rings is 1. The highest BCUT2D eigenvalue weighted by atomic mass is 19.4. The zero-order valence-corrected chi connectivity index (χ0v) is 18.0. The Bertz CT molecular complexity index is 1110. The summed E-state index contributed by atoms with van der Waals surface area (Å²) < 4.78 is 31.7. The molecule has 11 heteroatoms. The Hall–Kier alpha value is -3.18. The van der Waals surface area contributed by atoms with E-state index in [1.54, 1.807) is 0 Å². The van der Waals surface area contributed by atoms with Crippen LogP contribution in [0.25, 0.3) is 11.0 Å². The van der Waals surface area contributed by atoms with E-state index < -0.39 is 12.1 Å². The van der Waals surface area contributed by atoms with Crippen LogP contribution in [-0.2, 0) is 11.3 Å². The monoisotopic (exact) mass is 465 g/mol. The molecule has 1 atom stereocenters. The molecule has 33 heavy (non-hydrogen) atoms. The lowest BCUT2D eigenvalue weighted by molar-refractivity contribution is -0.192. The molecular formula is C22H26F3N5O3. The summed E-state index contributed by atoms with van der Waals surface area (Å²) >= 11 is 0. The normalized spacial score (nSPS) is 16.2. The van der Waals surface area contributed by atoms with Crippen LogP contribution < -0.4 is 11.0 Å². The molecule has 2 aromatic heterocycles. The van der Waals surface area contributed by atoms with Gasteiger partial charge in [-0.15, -0.1) is 0 Å². The molecule has 3 heterocycles. The summed E-state index contributed by atoms with van der Waals surface area (Å²) in [7, 11) is 0. The van der Waals surface area contributed by atoms with Crippen molar-refractivity contribution in [3.05, 3.63) is 64.3 Å². The van der Waals surface area contributed by atoms with Gasteiger partial charge in [-0.25, -0.2) is 9.59 Å². The zero-order chi connectivity index (χ0) is 24.0. The van der Waals surface area contributed by atoms with Crippen molar-refractivity contribution in [1.29, 1.82) is 0 Å². The lowest BCUT2D eigenvalue weighted by Crippen LogP contribution is -2.43. The van der Waals surface area contributed by atoms with Gasteiger partial charge in [-0.1, -0.05) is 12.1 Å². The number of imidazole rings is 1. The third kappa shape index (κ3) is 7.16. The van der Waals surface area contributed by atoms with E-state index >= 15 is 0 Å². The van der Waals surface area contributed by atoms with Crippen LogP contribution in [0.2, 0.25) is 0 Å². The molecule has 8 nitrogen and oxygen atoms in total. The lowest BCUT2D eigenvalue weighted by Gasteiger charge is -2.33. The Morgan fingerprint density at radius 3 is 2.48 bits per heavy atom. The maximum atomic E-state index is 11.4. The standard InChI is InChI=1S/C20H25N5O.C2HF3O2/c1-14(15-5-6-18-19(12-15)24-20(26)23-18)22-16-7-10-25(11-8-16)13-17-4-2-3-9-21-17;3-2(4,5)1(6)7/h2-6,9,12,14,16,22H,7-8,10-11,13H2,1H3,(H2,23,24,26);(H,6,7). The van der Waals surface area contributed by atoms with Crippen LogP contribution in [0.4, 0.5) is 13.2 Å². The first-order valence-corrected chi connectivity index (χ1v) is 10.5. The van der Waals surface area contributed by atoms with Crippen molar-refractivity contribution in [2.45, 2.75) is 44.6 Å². The Balaban J connectivity index is 0.000000383. The highest BCUT2D eigenvalue weighted by Crippen LogP contribution is 2.20. The maximum Gasteiger partial charge on any atom is 0.490 e. The first kappa shape index (κ1) is 24.5. The molecule has 0 radical (unpaired) electrons. The van der Waals surface area contributed by atoms with Crippen LogP contribution >= 0.6 is 0 Å². The Labute approximate surface area is 187 Å². The highest BCUT2D eigenvalue weighted by Gasteiger charge is 2.38. The number of hydrogen-bond donors (Lipinski definition) is 4. The van der Waals surface area contributed by atoms with Gasteiger partial charge in [0, 0.05) is 37.9 Å². The number of likely N-dealkylation sites (tertiary alicyclic amines) is 1. The van der Waals surface area contributed by atoms with Crippen LogP contribution in [0, 0.1) is 0 Å². The minimum absolute atomic E-state index is 0.155. The van der Waals surface area contributed by atoms with Gasteiger partial charge in [0.25, 0.3) is 0 Å². The number of alkyl halides is 3. The van der Waals surface area contributed by atoms with E-state index in [1.165, 1.54) is 5.56 Å². The van der Waals surface area contributed by atoms with E-state index in [9.17, 15) is 18.0 Å². The minimum atomic E-state index is -5.08. The summed E-state index contributed by atoms with van der Waals surface area (Å²) in [6.07, 6.45) is -0.944. The molecule has 1 aromatic carbocycles. The third-order valence-corrected chi connectivity index (χ3v) is 5.47. The second-order valence-corrected chi connectivity index (χ2v) is 7.95. The van der Waals surface area contributed by atoms with Crippen molar-refractivity contribution >= 4 is 17.0 Å². The fourth-order valence-electron chi connectivity index (χ4n) is 3.75. The number of carbonyl (C=O) groups is 1. The number of piperidine rings is 1. The van der Waals surface area contributed by atoms with Gasteiger partial charge in [0.15, 0.2) is 0 Å². The Morgan fingerprint density at radius 2 is 1.88 bits per heavy atom. The summed E-state index contributed by atoms with van der Waals surface area (Å²) in [4.78, 5) is 32.8. The van der Waals surface area contributed by atoms with Crippen molar-refractivity contribution in [2.75, 3.05) is 13.1 Å². The number of halogens is 3. The average Bonchev–Trinajstić information content (AvgIpc) is 3.15. The van der Waals surface area contributed by atoms with Gasteiger partial charge in [0.2, 0.25) is 0 Å². The second kappa shape index (κ2) is 10.6. The number of fused-ring (bicyclic) bond motifs is 1. The molecule has 0 saturated carbocycles. The van der Waals surface area contributed by atoms with Gasteiger partial charge in [0.1, 0.15) is 0 Å². The van der Waals surface area contributed by atoms with Crippen molar-refractivity contribution in [1.82, 2.24) is 25.2 Å². The zero-order valence-electron chi connectivity index (χ0n) is 18.0. The molecule has 178 valence electrons. The lowest BCUT2D eigenvalue weighted by atomic mass is 10.0. The Kier molecular flexibility index (Phi) is 7.88. The molecule has 0 amide bonds. The number of aromatic amines is 2. The van der Waals surface area contributed by atoms with E-state index in [0.717, 1.165) is 49.2 Å². The molecule has 0 aliphatic carbocycles. The highest BCUT2D eigenvalue weighted by molar-refractivity contribution is 5.75. The third-order valence-electron chi connectivity index (χ3n) is 5.47. The molecule has 0 bridgehead atoms. The maximum absolute atomic E-state index is 11.4. The Morgan fingerprint density at radius 1 is 1.21 bits per heavy atom. The van der Waals surface area contributed by atoms with Crippen LogP contribution in [0.5, 0.6) is 0 Å². The minimum Gasteiger partial charge on any atom is -0.475 e. The first-order valence-electron chi connectivity index (χ1n) is 10.5. The second-order valence-electron chi connectivity index (χ2n) is 7.95. The molecule has 4 rings (SSSR count). The molecule has 1 aliphatic heterocycles. The number of hydrogen-bond acceptors (Lipinski definition) is 5. The average molecular weight is 465 g/mol. The van der Waals surface area contributed by atoms with Crippen LogP contribution in [0.1, 0.15) is 37.1 Å². The fourth-order valence-corrected chi connectivity index (χ4v) is 3.75. The molecule has 3 aromatic rings. The van der Waals surface area contributed by atoms with Crippen molar-refractivity contribution in [3.8, 4) is 0 Å².